The first kappa shape index (κ1) is 16.3. The Hall–Kier alpha value is -1.03. The van der Waals surface area contributed by atoms with Crippen LogP contribution in [-0.2, 0) is 16.4 Å². The van der Waals surface area contributed by atoms with Crippen molar-refractivity contribution in [2.24, 2.45) is 0 Å². The van der Waals surface area contributed by atoms with Crippen molar-refractivity contribution in [1.29, 1.82) is 0 Å². The molecule has 2 N–H and O–H groups in total. The molecule has 9 heteroatoms. The molecule has 4 nitrogen and oxygen atoms in total. The Labute approximate surface area is 132 Å². The molecule has 21 heavy (non-hydrogen) atoms. The Morgan fingerprint density at radius 2 is 1.86 bits per heavy atom. The van der Waals surface area contributed by atoms with Crippen LogP contribution in [0.1, 0.15) is 4.88 Å². The van der Waals surface area contributed by atoms with Gasteiger partial charge in [-0.3, -0.25) is 4.72 Å². The van der Waals surface area contributed by atoms with E-state index in [9.17, 15) is 17.2 Å². The van der Waals surface area contributed by atoms with Crippen molar-refractivity contribution in [3.63, 3.8) is 0 Å². The average Bonchev–Trinajstić information content (AvgIpc) is 2.84. The van der Waals surface area contributed by atoms with Crippen LogP contribution in [0.4, 0.5) is 14.5 Å². The fourth-order valence-electron chi connectivity index (χ4n) is 1.57. The second-order valence-electron chi connectivity index (χ2n) is 4.04. The van der Waals surface area contributed by atoms with Gasteiger partial charge in [0.1, 0.15) is 9.90 Å². The van der Waals surface area contributed by atoms with E-state index < -0.39 is 27.3 Å². The summed E-state index contributed by atoms with van der Waals surface area (Å²) < 4.78 is 53.5. The Balaban J connectivity index is 2.33. The van der Waals surface area contributed by atoms with E-state index in [2.05, 4.69) is 15.9 Å². The summed E-state index contributed by atoms with van der Waals surface area (Å²) in [5.41, 5.74) is -0.727. The molecule has 0 atom stereocenters. The van der Waals surface area contributed by atoms with Crippen LogP contribution >= 0.6 is 27.3 Å². The van der Waals surface area contributed by atoms with Gasteiger partial charge in [-0.25, -0.2) is 17.2 Å². The number of aliphatic hydroxyl groups is 1. The summed E-state index contributed by atoms with van der Waals surface area (Å²) in [5.74, 6) is -2.03. The zero-order chi connectivity index (χ0) is 15.6. The molecule has 2 aromatic rings. The standard InChI is InChI=1S/C12H10BrF2NO3S2/c13-7-5-9(14)12(10(15)6-7)16-21(18,19)11-2-1-8(20-11)3-4-17/h1-2,5-6,16-17H,3-4H2. The molecule has 0 saturated carbocycles. The van der Waals surface area contributed by atoms with Crippen molar-refractivity contribution in [2.75, 3.05) is 11.3 Å². The van der Waals surface area contributed by atoms with Crippen LogP contribution in [0.2, 0.25) is 0 Å². The number of thiophene rings is 1. The summed E-state index contributed by atoms with van der Waals surface area (Å²) in [5, 5.41) is 8.80. The molecule has 0 bridgehead atoms. The maximum Gasteiger partial charge on any atom is 0.271 e. The van der Waals surface area contributed by atoms with Crippen molar-refractivity contribution in [1.82, 2.24) is 0 Å². The van der Waals surface area contributed by atoms with Gasteiger partial charge in [-0.15, -0.1) is 11.3 Å². The maximum atomic E-state index is 13.7. The van der Waals surface area contributed by atoms with Gasteiger partial charge in [0.15, 0.2) is 11.6 Å². The van der Waals surface area contributed by atoms with Crippen molar-refractivity contribution in [3.05, 3.63) is 45.2 Å². The number of hydrogen-bond acceptors (Lipinski definition) is 4. The predicted octanol–water partition coefficient (Wildman–Crippen LogP) is 3.12. The first-order chi connectivity index (χ1) is 9.83. The minimum Gasteiger partial charge on any atom is -0.396 e. The highest BCUT2D eigenvalue weighted by atomic mass is 79.9. The molecule has 2 rings (SSSR count). The summed E-state index contributed by atoms with van der Waals surface area (Å²) in [7, 11) is -4.08. The second-order valence-corrected chi connectivity index (χ2v) is 8.04. The molecule has 0 saturated heterocycles. The summed E-state index contributed by atoms with van der Waals surface area (Å²) in [6, 6.07) is 4.80. The third-order valence-corrected chi connectivity index (χ3v) is 5.95. The van der Waals surface area contributed by atoms with Gasteiger partial charge in [0.2, 0.25) is 0 Å². The van der Waals surface area contributed by atoms with Crippen LogP contribution in [0.25, 0.3) is 0 Å². The van der Waals surface area contributed by atoms with Crippen LogP contribution in [0, 0.1) is 11.6 Å². The van der Waals surface area contributed by atoms with E-state index >= 15 is 0 Å². The third-order valence-electron chi connectivity index (χ3n) is 2.50. The van der Waals surface area contributed by atoms with Gasteiger partial charge < -0.3 is 5.11 Å². The topological polar surface area (TPSA) is 66.4 Å². The number of anilines is 1. The smallest absolute Gasteiger partial charge is 0.271 e. The Morgan fingerprint density at radius 3 is 2.43 bits per heavy atom. The van der Waals surface area contributed by atoms with Crippen LogP contribution < -0.4 is 4.72 Å². The predicted molar refractivity (Wildman–Crippen MR) is 80.0 cm³/mol. The highest BCUT2D eigenvalue weighted by molar-refractivity contribution is 9.10. The van der Waals surface area contributed by atoms with E-state index in [0.717, 1.165) is 23.5 Å². The second kappa shape index (κ2) is 6.39. The van der Waals surface area contributed by atoms with E-state index in [4.69, 9.17) is 5.11 Å². The molecular formula is C12H10BrF2NO3S2. The number of halogens is 3. The summed E-state index contributed by atoms with van der Waals surface area (Å²) in [4.78, 5) is 0.662. The van der Waals surface area contributed by atoms with Gasteiger partial charge in [0.05, 0.1) is 0 Å². The van der Waals surface area contributed by atoms with Crippen LogP contribution in [-0.4, -0.2) is 20.1 Å². The molecule has 0 radical (unpaired) electrons. The van der Waals surface area contributed by atoms with Crippen molar-refractivity contribution in [2.45, 2.75) is 10.6 Å². The van der Waals surface area contributed by atoms with Gasteiger partial charge in [-0.1, -0.05) is 15.9 Å². The molecule has 1 aromatic carbocycles. The first-order valence-corrected chi connectivity index (χ1v) is 8.79. The van der Waals surface area contributed by atoms with E-state index in [1.54, 1.807) is 6.07 Å². The summed E-state index contributed by atoms with van der Waals surface area (Å²) in [6.45, 7) is -0.108. The molecule has 0 aliphatic heterocycles. The van der Waals surface area contributed by atoms with E-state index in [1.165, 1.54) is 6.07 Å². The molecular weight excluding hydrogens is 388 g/mol. The normalized spacial score (nSPS) is 11.6. The number of hydrogen-bond donors (Lipinski definition) is 2. The summed E-state index contributed by atoms with van der Waals surface area (Å²) >= 11 is 3.85. The number of aliphatic hydroxyl groups excluding tert-OH is 1. The quantitative estimate of drug-likeness (QED) is 0.814. The van der Waals surface area contributed by atoms with Crippen LogP contribution in [0.15, 0.2) is 32.9 Å². The monoisotopic (exact) mass is 397 g/mol. The zero-order valence-corrected chi connectivity index (χ0v) is 13.7. The number of sulfonamides is 1. The zero-order valence-electron chi connectivity index (χ0n) is 10.4. The molecule has 0 amide bonds. The van der Waals surface area contributed by atoms with Crippen molar-refractivity contribution >= 4 is 43.0 Å². The molecule has 0 aliphatic carbocycles. The third kappa shape index (κ3) is 3.79. The Morgan fingerprint density at radius 1 is 1.24 bits per heavy atom. The van der Waals surface area contributed by atoms with Crippen LogP contribution in [0.5, 0.6) is 0 Å². The van der Waals surface area contributed by atoms with E-state index in [1.807, 2.05) is 4.72 Å². The van der Waals surface area contributed by atoms with Crippen LogP contribution in [0.3, 0.4) is 0 Å². The average molecular weight is 398 g/mol. The lowest BCUT2D eigenvalue weighted by molar-refractivity contribution is 0.300. The lowest BCUT2D eigenvalue weighted by Crippen LogP contribution is -2.14. The van der Waals surface area contributed by atoms with E-state index in [0.29, 0.717) is 11.3 Å². The van der Waals surface area contributed by atoms with Gasteiger partial charge in [-0.2, -0.15) is 0 Å². The van der Waals surface area contributed by atoms with Crippen molar-refractivity contribution in [3.8, 4) is 0 Å². The SMILES string of the molecule is O=S(=O)(Nc1c(F)cc(Br)cc1F)c1ccc(CCO)s1. The highest BCUT2D eigenvalue weighted by Crippen LogP contribution is 2.28. The van der Waals surface area contributed by atoms with Gasteiger partial charge in [-0.05, 0) is 24.3 Å². The molecule has 0 fully saturated rings. The lowest BCUT2D eigenvalue weighted by atomic mass is 10.3. The molecule has 114 valence electrons. The minimum atomic E-state index is -4.08. The lowest BCUT2D eigenvalue weighted by Gasteiger charge is -2.08. The molecule has 1 aromatic heterocycles. The largest absolute Gasteiger partial charge is 0.396 e. The van der Waals surface area contributed by atoms with Gasteiger partial charge in [0.25, 0.3) is 10.0 Å². The number of nitrogens with one attached hydrogen (secondary N) is 1. The molecule has 0 unspecified atom stereocenters. The Kier molecular flexibility index (Phi) is 4.97. The van der Waals surface area contributed by atoms with Crippen molar-refractivity contribution < 1.29 is 22.3 Å². The summed E-state index contributed by atoms with van der Waals surface area (Å²) in [6.07, 6.45) is 0.321. The number of benzene rings is 1. The number of rotatable bonds is 5. The van der Waals surface area contributed by atoms with E-state index in [-0.39, 0.29) is 15.3 Å². The first-order valence-electron chi connectivity index (χ1n) is 5.70. The fraction of sp³-hybridized carbons (Fsp3) is 0.167. The molecule has 1 heterocycles. The van der Waals surface area contributed by atoms with Gasteiger partial charge >= 0.3 is 0 Å². The fourth-order valence-corrected chi connectivity index (χ4v) is 4.39. The maximum absolute atomic E-state index is 13.7. The highest BCUT2D eigenvalue weighted by Gasteiger charge is 2.21. The minimum absolute atomic E-state index is 0.0762. The van der Waals surface area contributed by atoms with Gasteiger partial charge in [0, 0.05) is 22.4 Å². The molecule has 0 aliphatic rings. The molecule has 0 spiro atoms. The Bertz CT molecular complexity index is 739.